The van der Waals surface area contributed by atoms with Crippen LogP contribution < -0.4 is 10.6 Å². The number of carbonyl (C=O) groups excluding carboxylic acids is 3. The smallest absolute Gasteiger partial charge is 0.269 e. The molecule has 0 saturated carbocycles. The second kappa shape index (κ2) is 10.7. The van der Waals surface area contributed by atoms with Crippen molar-refractivity contribution in [1.29, 1.82) is 0 Å². The Balaban J connectivity index is 1.81. The van der Waals surface area contributed by atoms with Gasteiger partial charge in [0.15, 0.2) is 0 Å². The van der Waals surface area contributed by atoms with Gasteiger partial charge in [0.1, 0.15) is 0 Å². The van der Waals surface area contributed by atoms with Crippen LogP contribution in [0.2, 0.25) is 0 Å². The molecule has 3 amide bonds. The van der Waals surface area contributed by atoms with Gasteiger partial charge in [-0.3, -0.25) is 24.5 Å². The van der Waals surface area contributed by atoms with E-state index in [0.29, 0.717) is 24.3 Å². The van der Waals surface area contributed by atoms with Gasteiger partial charge in [-0.25, -0.2) is 0 Å². The van der Waals surface area contributed by atoms with Crippen molar-refractivity contribution in [1.82, 2.24) is 10.2 Å². The zero-order chi connectivity index (χ0) is 22.1. The Labute approximate surface area is 174 Å². The second-order valence-electron chi connectivity index (χ2n) is 6.41. The third-order valence-corrected chi connectivity index (χ3v) is 4.44. The Morgan fingerprint density at radius 3 is 2.03 bits per heavy atom. The molecular formula is C21H24N4O5. The van der Waals surface area contributed by atoms with Crippen LogP contribution in [0.15, 0.2) is 48.5 Å². The van der Waals surface area contributed by atoms with Crippen LogP contribution >= 0.6 is 0 Å². The standard InChI is InChI=1S/C21H24N4O5/c1-3-24(4-2)21(28)16-5-9-17(10-6-16)23-19(26)13-14-22-20(27)15-7-11-18(12-8-15)25(29)30/h5-12H,3-4,13-14H2,1-2H3,(H,22,27)(H,23,26). The van der Waals surface area contributed by atoms with Gasteiger partial charge in [0, 0.05) is 55.0 Å². The molecule has 0 atom stereocenters. The third kappa shape index (κ3) is 6.13. The first-order chi connectivity index (χ1) is 14.3. The Bertz CT molecular complexity index is 906. The van der Waals surface area contributed by atoms with E-state index in [1.165, 1.54) is 24.3 Å². The molecule has 0 unspecified atom stereocenters. The second-order valence-corrected chi connectivity index (χ2v) is 6.41. The molecule has 0 spiro atoms. The zero-order valence-corrected chi connectivity index (χ0v) is 16.9. The van der Waals surface area contributed by atoms with E-state index in [2.05, 4.69) is 10.6 Å². The van der Waals surface area contributed by atoms with Gasteiger partial charge in [-0.1, -0.05) is 0 Å². The molecule has 0 aromatic heterocycles. The average Bonchev–Trinajstić information content (AvgIpc) is 2.75. The van der Waals surface area contributed by atoms with Gasteiger partial charge in [-0.15, -0.1) is 0 Å². The zero-order valence-electron chi connectivity index (χ0n) is 16.9. The SMILES string of the molecule is CCN(CC)C(=O)c1ccc(NC(=O)CCNC(=O)c2ccc([N+](=O)[O-])cc2)cc1. The Kier molecular flexibility index (Phi) is 8.04. The largest absolute Gasteiger partial charge is 0.352 e. The van der Waals surface area contributed by atoms with Crippen LogP contribution in [-0.2, 0) is 4.79 Å². The van der Waals surface area contributed by atoms with Crippen molar-refractivity contribution >= 4 is 29.1 Å². The van der Waals surface area contributed by atoms with Gasteiger partial charge < -0.3 is 15.5 Å². The number of nitrogens with zero attached hydrogens (tertiary/aromatic N) is 2. The Morgan fingerprint density at radius 1 is 0.933 bits per heavy atom. The highest BCUT2D eigenvalue weighted by atomic mass is 16.6. The van der Waals surface area contributed by atoms with E-state index in [0.717, 1.165) is 0 Å². The van der Waals surface area contributed by atoms with Crippen LogP contribution in [0.4, 0.5) is 11.4 Å². The molecule has 30 heavy (non-hydrogen) atoms. The summed E-state index contributed by atoms with van der Waals surface area (Å²) >= 11 is 0. The lowest BCUT2D eigenvalue weighted by Crippen LogP contribution is -2.30. The number of carbonyl (C=O) groups is 3. The molecule has 0 aliphatic heterocycles. The summed E-state index contributed by atoms with van der Waals surface area (Å²) in [6.45, 7) is 5.19. The number of nitro benzene ring substituents is 1. The maximum Gasteiger partial charge on any atom is 0.269 e. The molecule has 0 saturated heterocycles. The molecule has 0 radical (unpaired) electrons. The Morgan fingerprint density at radius 2 is 1.50 bits per heavy atom. The van der Waals surface area contributed by atoms with Gasteiger partial charge in [0.05, 0.1) is 4.92 Å². The molecule has 2 aromatic carbocycles. The first-order valence-electron chi connectivity index (χ1n) is 9.57. The maximum atomic E-state index is 12.3. The fourth-order valence-corrected chi connectivity index (χ4v) is 2.74. The number of non-ortho nitro benzene ring substituents is 1. The van der Waals surface area contributed by atoms with E-state index in [1.807, 2.05) is 13.8 Å². The number of hydrogen-bond donors (Lipinski definition) is 2. The summed E-state index contributed by atoms with van der Waals surface area (Å²) in [7, 11) is 0. The fraction of sp³-hybridized carbons (Fsp3) is 0.286. The van der Waals surface area contributed by atoms with Gasteiger partial charge in [0.2, 0.25) is 5.91 Å². The highest BCUT2D eigenvalue weighted by Gasteiger charge is 2.13. The summed E-state index contributed by atoms with van der Waals surface area (Å²) in [5.74, 6) is -0.773. The van der Waals surface area contributed by atoms with E-state index in [4.69, 9.17) is 0 Å². The van der Waals surface area contributed by atoms with Crippen molar-refractivity contribution in [2.45, 2.75) is 20.3 Å². The summed E-state index contributed by atoms with van der Waals surface area (Å²) < 4.78 is 0. The van der Waals surface area contributed by atoms with Crippen LogP contribution in [-0.4, -0.2) is 47.2 Å². The quantitative estimate of drug-likeness (QED) is 0.484. The summed E-state index contributed by atoms with van der Waals surface area (Å²) in [4.78, 5) is 48.2. The number of anilines is 1. The number of nitro groups is 1. The van der Waals surface area contributed by atoms with Crippen molar-refractivity contribution < 1.29 is 19.3 Å². The average molecular weight is 412 g/mol. The van der Waals surface area contributed by atoms with Crippen molar-refractivity contribution in [2.75, 3.05) is 25.0 Å². The van der Waals surface area contributed by atoms with E-state index >= 15 is 0 Å². The summed E-state index contributed by atoms with van der Waals surface area (Å²) in [6, 6.07) is 11.8. The monoisotopic (exact) mass is 412 g/mol. The van der Waals surface area contributed by atoms with Crippen LogP contribution in [0.25, 0.3) is 0 Å². The number of benzene rings is 2. The van der Waals surface area contributed by atoms with E-state index in [1.54, 1.807) is 29.2 Å². The molecule has 0 fully saturated rings. The predicted molar refractivity (Wildman–Crippen MR) is 112 cm³/mol. The van der Waals surface area contributed by atoms with Gasteiger partial charge in [-0.05, 0) is 50.2 Å². The van der Waals surface area contributed by atoms with Crippen molar-refractivity contribution in [3.8, 4) is 0 Å². The minimum atomic E-state index is -0.544. The molecule has 0 aliphatic rings. The highest BCUT2D eigenvalue weighted by molar-refractivity contribution is 5.96. The van der Waals surface area contributed by atoms with Crippen molar-refractivity contribution in [2.24, 2.45) is 0 Å². The number of rotatable bonds is 9. The lowest BCUT2D eigenvalue weighted by Gasteiger charge is -2.18. The summed E-state index contributed by atoms with van der Waals surface area (Å²) in [5.41, 5.74) is 1.27. The summed E-state index contributed by atoms with van der Waals surface area (Å²) in [6.07, 6.45) is 0.0544. The lowest BCUT2D eigenvalue weighted by atomic mass is 10.1. The minimum absolute atomic E-state index is 0.0544. The van der Waals surface area contributed by atoms with E-state index in [9.17, 15) is 24.5 Å². The molecule has 2 rings (SSSR count). The molecule has 2 N–H and O–H groups in total. The Hall–Kier alpha value is -3.75. The number of hydrogen-bond acceptors (Lipinski definition) is 5. The molecule has 158 valence electrons. The van der Waals surface area contributed by atoms with Crippen LogP contribution in [0.1, 0.15) is 41.0 Å². The molecule has 0 heterocycles. The van der Waals surface area contributed by atoms with Crippen LogP contribution in [0, 0.1) is 10.1 Å². The van der Waals surface area contributed by atoms with Crippen molar-refractivity contribution in [3.05, 3.63) is 69.8 Å². The van der Waals surface area contributed by atoms with E-state index in [-0.39, 0.29) is 36.0 Å². The molecule has 0 bridgehead atoms. The lowest BCUT2D eigenvalue weighted by molar-refractivity contribution is -0.384. The van der Waals surface area contributed by atoms with E-state index < -0.39 is 10.8 Å². The molecular weight excluding hydrogens is 388 g/mol. The van der Waals surface area contributed by atoms with Crippen LogP contribution in [0.5, 0.6) is 0 Å². The minimum Gasteiger partial charge on any atom is -0.352 e. The molecule has 0 aliphatic carbocycles. The highest BCUT2D eigenvalue weighted by Crippen LogP contribution is 2.13. The third-order valence-electron chi connectivity index (χ3n) is 4.44. The predicted octanol–water partition coefficient (Wildman–Crippen LogP) is 2.84. The van der Waals surface area contributed by atoms with Gasteiger partial charge in [0.25, 0.3) is 17.5 Å². The number of amides is 3. The number of nitrogens with one attached hydrogen (secondary N) is 2. The first-order valence-corrected chi connectivity index (χ1v) is 9.57. The summed E-state index contributed by atoms with van der Waals surface area (Å²) in [5, 5.41) is 15.9. The van der Waals surface area contributed by atoms with Gasteiger partial charge in [-0.2, -0.15) is 0 Å². The normalized spacial score (nSPS) is 10.2. The van der Waals surface area contributed by atoms with Crippen molar-refractivity contribution in [3.63, 3.8) is 0 Å². The maximum absolute atomic E-state index is 12.3. The fourth-order valence-electron chi connectivity index (χ4n) is 2.74. The van der Waals surface area contributed by atoms with Gasteiger partial charge >= 0.3 is 0 Å². The molecule has 2 aromatic rings. The molecule has 9 heteroatoms. The first kappa shape index (κ1) is 22.5. The molecule has 9 nitrogen and oxygen atoms in total. The van der Waals surface area contributed by atoms with Crippen LogP contribution in [0.3, 0.4) is 0 Å². The topological polar surface area (TPSA) is 122 Å².